The largest absolute Gasteiger partial charge is 0.493 e. The number of nitro groups is 2. The summed E-state index contributed by atoms with van der Waals surface area (Å²) in [5.41, 5.74) is -0.736. The standard InChI is InChI=1S/C15H12FN3O6/c16-13-6-3-11(19(23)24)9-14(13)17-15(20)7-8-25-12-4-1-10(2-5-12)18(21)22/h1-6,9H,7-8H2,(H,17,20). The van der Waals surface area contributed by atoms with Gasteiger partial charge in [0, 0.05) is 24.3 Å². The van der Waals surface area contributed by atoms with Crippen molar-refractivity contribution in [1.29, 1.82) is 0 Å². The van der Waals surface area contributed by atoms with Crippen LogP contribution in [0.15, 0.2) is 42.5 Å². The molecule has 0 aliphatic heterocycles. The van der Waals surface area contributed by atoms with Crippen LogP contribution in [0.3, 0.4) is 0 Å². The van der Waals surface area contributed by atoms with Crippen LogP contribution in [0.4, 0.5) is 21.5 Å². The van der Waals surface area contributed by atoms with Crippen LogP contribution in [0.25, 0.3) is 0 Å². The summed E-state index contributed by atoms with van der Waals surface area (Å²) in [6, 6.07) is 8.09. The van der Waals surface area contributed by atoms with Crippen molar-refractivity contribution in [3.8, 4) is 5.75 Å². The maximum absolute atomic E-state index is 13.6. The smallest absolute Gasteiger partial charge is 0.271 e. The molecule has 2 aromatic rings. The van der Waals surface area contributed by atoms with E-state index in [2.05, 4.69) is 5.32 Å². The lowest BCUT2D eigenvalue weighted by Crippen LogP contribution is -2.16. The zero-order chi connectivity index (χ0) is 18.4. The molecule has 9 nitrogen and oxygen atoms in total. The van der Waals surface area contributed by atoms with E-state index < -0.39 is 21.6 Å². The first-order chi connectivity index (χ1) is 11.9. The molecule has 0 saturated heterocycles. The minimum absolute atomic E-state index is 0.0554. The Balaban J connectivity index is 1.87. The van der Waals surface area contributed by atoms with Gasteiger partial charge in [-0.3, -0.25) is 25.0 Å². The molecule has 0 heterocycles. The van der Waals surface area contributed by atoms with Gasteiger partial charge >= 0.3 is 0 Å². The highest BCUT2D eigenvalue weighted by Crippen LogP contribution is 2.21. The number of nitro benzene ring substituents is 2. The van der Waals surface area contributed by atoms with Gasteiger partial charge in [-0.15, -0.1) is 0 Å². The number of ether oxygens (including phenoxy) is 1. The number of halogens is 1. The molecule has 130 valence electrons. The van der Waals surface area contributed by atoms with Crippen molar-refractivity contribution in [2.75, 3.05) is 11.9 Å². The lowest BCUT2D eigenvalue weighted by Gasteiger charge is -2.08. The number of carbonyl (C=O) groups excluding carboxylic acids is 1. The number of rotatable bonds is 7. The number of hydrogen-bond acceptors (Lipinski definition) is 6. The van der Waals surface area contributed by atoms with Crippen molar-refractivity contribution in [3.63, 3.8) is 0 Å². The molecule has 0 unspecified atom stereocenters. The summed E-state index contributed by atoms with van der Waals surface area (Å²) in [4.78, 5) is 31.7. The normalized spacial score (nSPS) is 10.1. The Labute approximate surface area is 140 Å². The average molecular weight is 349 g/mol. The number of amides is 1. The second-order valence-corrected chi connectivity index (χ2v) is 4.82. The fourth-order valence-corrected chi connectivity index (χ4v) is 1.86. The number of hydrogen-bond donors (Lipinski definition) is 1. The monoisotopic (exact) mass is 349 g/mol. The van der Waals surface area contributed by atoms with E-state index in [1.807, 2.05) is 0 Å². The van der Waals surface area contributed by atoms with E-state index in [-0.39, 0.29) is 30.1 Å². The summed E-state index contributed by atoms with van der Waals surface area (Å²) < 4.78 is 18.8. The van der Waals surface area contributed by atoms with E-state index >= 15 is 0 Å². The van der Waals surface area contributed by atoms with Gasteiger partial charge in [0.1, 0.15) is 11.6 Å². The van der Waals surface area contributed by atoms with Gasteiger partial charge in [-0.05, 0) is 18.2 Å². The van der Waals surface area contributed by atoms with Crippen LogP contribution >= 0.6 is 0 Å². The number of nitrogens with one attached hydrogen (secondary N) is 1. The van der Waals surface area contributed by atoms with Crippen molar-refractivity contribution in [2.45, 2.75) is 6.42 Å². The summed E-state index contributed by atoms with van der Waals surface area (Å²) in [6.45, 7) is -0.0554. The van der Waals surface area contributed by atoms with Gasteiger partial charge in [0.2, 0.25) is 5.91 Å². The van der Waals surface area contributed by atoms with Gasteiger partial charge in [-0.2, -0.15) is 0 Å². The molecule has 0 radical (unpaired) electrons. The Morgan fingerprint density at radius 3 is 2.24 bits per heavy atom. The quantitative estimate of drug-likeness (QED) is 0.605. The number of non-ortho nitro benzene ring substituents is 2. The van der Waals surface area contributed by atoms with Crippen molar-refractivity contribution >= 4 is 23.0 Å². The highest BCUT2D eigenvalue weighted by molar-refractivity contribution is 5.91. The topological polar surface area (TPSA) is 125 Å². The van der Waals surface area contributed by atoms with Crippen LogP contribution in [0.1, 0.15) is 6.42 Å². The maximum Gasteiger partial charge on any atom is 0.271 e. The van der Waals surface area contributed by atoms with Crippen LogP contribution in [0.5, 0.6) is 5.75 Å². The van der Waals surface area contributed by atoms with E-state index in [1.165, 1.54) is 24.3 Å². The highest BCUT2D eigenvalue weighted by Gasteiger charge is 2.13. The van der Waals surface area contributed by atoms with E-state index in [0.29, 0.717) is 5.75 Å². The molecule has 0 aliphatic carbocycles. The van der Waals surface area contributed by atoms with Crippen molar-refractivity contribution in [2.24, 2.45) is 0 Å². The predicted octanol–water partition coefficient (Wildman–Crippen LogP) is 3.05. The van der Waals surface area contributed by atoms with Gasteiger partial charge in [0.15, 0.2) is 0 Å². The second-order valence-electron chi connectivity index (χ2n) is 4.82. The number of benzene rings is 2. The van der Waals surface area contributed by atoms with Gasteiger partial charge in [0.25, 0.3) is 11.4 Å². The Bertz CT molecular complexity index is 809. The molecular weight excluding hydrogens is 337 g/mol. The molecule has 0 saturated carbocycles. The molecule has 0 aromatic heterocycles. The van der Waals surface area contributed by atoms with E-state index in [1.54, 1.807) is 0 Å². The minimum Gasteiger partial charge on any atom is -0.493 e. The Morgan fingerprint density at radius 2 is 1.64 bits per heavy atom. The van der Waals surface area contributed by atoms with Gasteiger partial charge < -0.3 is 10.1 Å². The number of nitrogens with zero attached hydrogens (tertiary/aromatic N) is 2. The zero-order valence-corrected chi connectivity index (χ0v) is 12.7. The molecule has 1 N–H and O–H groups in total. The summed E-state index contributed by atoms with van der Waals surface area (Å²) >= 11 is 0. The average Bonchev–Trinajstić information content (AvgIpc) is 2.57. The van der Waals surface area contributed by atoms with Crippen LogP contribution in [0, 0.1) is 26.0 Å². The van der Waals surface area contributed by atoms with E-state index in [4.69, 9.17) is 4.74 Å². The van der Waals surface area contributed by atoms with E-state index in [9.17, 15) is 29.4 Å². The molecule has 2 aromatic carbocycles. The molecule has 0 atom stereocenters. The van der Waals surface area contributed by atoms with Crippen molar-refractivity contribution in [1.82, 2.24) is 0 Å². The third kappa shape index (κ3) is 4.96. The van der Waals surface area contributed by atoms with Crippen LogP contribution in [-0.4, -0.2) is 22.4 Å². The van der Waals surface area contributed by atoms with Gasteiger partial charge in [-0.1, -0.05) is 0 Å². The summed E-state index contributed by atoms with van der Waals surface area (Å²) in [7, 11) is 0. The molecule has 25 heavy (non-hydrogen) atoms. The van der Waals surface area contributed by atoms with Crippen LogP contribution < -0.4 is 10.1 Å². The molecule has 2 rings (SSSR count). The zero-order valence-electron chi connectivity index (χ0n) is 12.7. The Morgan fingerprint density at radius 1 is 1.04 bits per heavy atom. The molecular formula is C15H12FN3O6. The summed E-state index contributed by atoms with van der Waals surface area (Å²) in [5, 5.41) is 23.4. The maximum atomic E-state index is 13.6. The molecule has 0 aliphatic rings. The molecule has 10 heteroatoms. The summed E-state index contributed by atoms with van der Waals surface area (Å²) in [6.07, 6.45) is -0.140. The first-order valence-electron chi connectivity index (χ1n) is 6.98. The van der Waals surface area contributed by atoms with Crippen molar-refractivity contribution in [3.05, 3.63) is 68.5 Å². The Kier molecular flexibility index (Phi) is 5.56. The third-order valence-electron chi connectivity index (χ3n) is 3.08. The Hall–Kier alpha value is -3.56. The van der Waals surface area contributed by atoms with E-state index in [0.717, 1.165) is 18.2 Å². The predicted molar refractivity (Wildman–Crippen MR) is 84.9 cm³/mol. The van der Waals surface area contributed by atoms with Crippen molar-refractivity contribution < 1.29 is 23.8 Å². The molecule has 0 bridgehead atoms. The first-order valence-corrected chi connectivity index (χ1v) is 6.98. The second kappa shape index (κ2) is 7.81. The van der Waals surface area contributed by atoms with Crippen LogP contribution in [-0.2, 0) is 4.79 Å². The van der Waals surface area contributed by atoms with Gasteiger partial charge in [0.05, 0.1) is 28.6 Å². The minimum atomic E-state index is -0.796. The highest BCUT2D eigenvalue weighted by atomic mass is 19.1. The SMILES string of the molecule is O=C(CCOc1ccc([N+](=O)[O-])cc1)Nc1cc([N+](=O)[O-])ccc1F. The number of anilines is 1. The number of carbonyl (C=O) groups is 1. The molecule has 1 amide bonds. The lowest BCUT2D eigenvalue weighted by molar-refractivity contribution is -0.385. The lowest BCUT2D eigenvalue weighted by atomic mass is 10.2. The summed E-state index contributed by atoms with van der Waals surface area (Å²) in [5.74, 6) is -1.06. The fourth-order valence-electron chi connectivity index (χ4n) is 1.86. The fraction of sp³-hybridized carbons (Fsp3) is 0.133. The molecule has 0 spiro atoms. The van der Waals surface area contributed by atoms with Gasteiger partial charge in [-0.25, -0.2) is 4.39 Å². The first kappa shape index (κ1) is 17.8. The third-order valence-corrected chi connectivity index (χ3v) is 3.08. The van der Waals surface area contributed by atoms with Crippen LogP contribution in [0.2, 0.25) is 0 Å². The molecule has 0 fully saturated rings.